The second-order valence-corrected chi connectivity index (χ2v) is 7.72. The van der Waals surface area contributed by atoms with Gasteiger partial charge in [0.25, 0.3) is 0 Å². The monoisotopic (exact) mass is 469 g/mol. The Labute approximate surface area is 176 Å². The van der Waals surface area contributed by atoms with Crippen molar-refractivity contribution in [2.75, 3.05) is 5.32 Å². The Bertz CT molecular complexity index is 917. The van der Waals surface area contributed by atoms with Crippen molar-refractivity contribution in [2.24, 2.45) is 0 Å². The van der Waals surface area contributed by atoms with E-state index in [1.807, 2.05) is 48.5 Å². The van der Waals surface area contributed by atoms with Crippen molar-refractivity contribution in [1.82, 2.24) is 0 Å². The van der Waals surface area contributed by atoms with Crippen molar-refractivity contribution < 1.29 is 4.74 Å². The Morgan fingerprint density at radius 1 is 0.846 bits per heavy atom. The van der Waals surface area contributed by atoms with Crippen LogP contribution in [0.15, 0.2) is 65.1 Å². The molecule has 3 aromatic carbocycles. The van der Waals surface area contributed by atoms with Crippen LogP contribution in [0.4, 0.5) is 5.69 Å². The molecule has 0 aliphatic rings. The molecule has 0 unspecified atom stereocenters. The molecule has 0 amide bonds. The minimum atomic E-state index is 0.372. The molecule has 134 valence electrons. The van der Waals surface area contributed by atoms with E-state index in [9.17, 15) is 0 Å². The highest BCUT2D eigenvalue weighted by Gasteiger charge is 2.07. The number of nitrogens with one attached hydrogen (secondary N) is 1. The third kappa shape index (κ3) is 5.08. The summed E-state index contributed by atoms with van der Waals surface area (Å²) < 4.78 is 6.84. The molecule has 6 heteroatoms. The van der Waals surface area contributed by atoms with Crippen molar-refractivity contribution in [3.8, 4) is 5.75 Å². The Hall–Kier alpha value is -1.39. The fraction of sp³-hybridized carbons (Fsp3) is 0.100. The molecular weight excluding hydrogens is 456 g/mol. The summed E-state index contributed by atoms with van der Waals surface area (Å²) in [6, 6.07) is 19.0. The first-order valence-electron chi connectivity index (χ1n) is 7.86. The largest absolute Gasteiger partial charge is 0.488 e. The van der Waals surface area contributed by atoms with Gasteiger partial charge in [-0.15, -0.1) is 0 Å². The summed E-state index contributed by atoms with van der Waals surface area (Å²) in [5.41, 5.74) is 2.86. The average molecular weight is 472 g/mol. The normalized spacial score (nSPS) is 10.6. The van der Waals surface area contributed by atoms with E-state index in [2.05, 4.69) is 21.2 Å². The lowest BCUT2D eigenvalue weighted by Gasteiger charge is -2.14. The van der Waals surface area contributed by atoms with Crippen molar-refractivity contribution in [1.29, 1.82) is 0 Å². The van der Waals surface area contributed by atoms with Gasteiger partial charge < -0.3 is 10.1 Å². The maximum absolute atomic E-state index is 6.21. The molecule has 0 saturated heterocycles. The third-order valence-electron chi connectivity index (χ3n) is 3.77. The number of halogens is 4. The highest BCUT2D eigenvalue weighted by Crippen LogP contribution is 2.27. The van der Waals surface area contributed by atoms with Crippen LogP contribution in [0.3, 0.4) is 0 Å². The predicted molar refractivity (Wildman–Crippen MR) is 114 cm³/mol. The van der Waals surface area contributed by atoms with E-state index in [1.165, 1.54) is 0 Å². The zero-order chi connectivity index (χ0) is 18.5. The summed E-state index contributed by atoms with van der Waals surface area (Å²) in [5, 5.41) is 5.22. The van der Waals surface area contributed by atoms with Gasteiger partial charge in [0.1, 0.15) is 12.4 Å². The summed E-state index contributed by atoms with van der Waals surface area (Å²) in [7, 11) is 0. The molecule has 0 fully saturated rings. The molecule has 26 heavy (non-hydrogen) atoms. The summed E-state index contributed by atoms with van der Waals surface area (Å²) in [6.45, 7) is 0.986. The SMILES string of the molecule is Clc1ccc(COc2ccccc2CNc2ccc(Br)c(Cl)c2)c(Cl)c1. The predicted octanol–water partition coefficient (Wildman–Crippen LogP) is 7.60. The smallest absolute Gasteiger partial charge is 0.124 e. The minimum absolute atomic E-state index is 0.372. The molecule has 2 nitrogen and oxygen atoms in total. The van der Waals surface area contributed by atoms with Gasteiger partial charge in [-0.05, 0) is 52.3 Å². The van der Waals surface area contributed by atoms with Crippen LogP contribution in [0.5, 0.6) is 5.75 Å². The Morgan fingerprint density at radius 3 is 2.42 bits per heavy atom. The first-order chi connectivity index (χ1) is 12.5. The topological polar surface area (TPSA) is 21.3 Å². The van der Waals surface area contributed by atoms with E-state index in [4.69, 9.17) is 39.5 Å². The molecule has 3 aromatic rings. The second-order valence-electron chi connectivity index (χ2n) is 5.61. The summed E-state index contributed by atoms with van der Waals surface area (Å²) >= 11 is 21.7. The summed E-state index contributed by atoms with van der Waals surface area (Å²) in [6.07, 6.45) is 0. The molecule has 3 rings (SSSR count). The van der Waals surface area contributed by atoms with Gasteiger partial charge in [0.2, 0.25) is 0 Å². The van der Waals surface area contributed by atoms with Crippen LogP contribution in [-0.2, 0) is 13.2 Å². The van der Waals surface area contributed by atoms with E-state index in [-0.39, 0.29) is 0 Å². The number of ether oxygens (including phenoxy) is 1. The van der Waals surface area contributed by atoms with Crippen LogP contribution in [0.25, 0.3) is 0 Å². The molecule has 0 aromatic heterocycles. The van der Waals surface area contributed by atoms with Crippen molar-refractivity contribution in [2.45, 2.75) is 13.2 Å². The van der Waals surface area contributed by atoms with E-state index < -0.39 is 0 Å². The second kappa shape index (κ2) is 9.01. The molecule has 0 bridgehead atoms. The van der Waals surface area contributed by atoms with E-state index in [0.29, 0.717) is 28.2 Å². The maximum atomic E-state index is 6.21. The number of hydrogen-bond acceptors (Lipinski definition) is 2. The van der Waals surface area contributed by atoms with Crippen LogP contribution < -0.4 is 10.1 Å². The average Bonchev–Trinajstić information content (AvgIpc) is 2.63. The van der Waals surface area contributed by atoms with Crippen LogP contribution in [-0.4, -0.2) is 0 Å². The van der Waals surface area contributed by atoms with Gasteiger partial charge in [0.15, 0.2) is 0 Å². The Morgan fingerprint density at radius 2 is 1.65 bits per heavy atom. The molecule has 0 aliphatic heterocycles. The quantitative estimate of drug-likeness (QED) is 0.400. The highest BCUT2D eigenvalue weighted by atomic mass is 79.9. The number of para-hydroxylation sites is 1. The molecule has 1 N–H and O–H groups in total. The fourth-order valence-electron chi connectivity index (χ4n) is 2.39. The van der Waals surface area contributed by atoms with E-state index in [1.54, 1.807) is 12.1 Å². The standard InChI is InChI=1S/C20H15BrCl3NO/c21-17-8-7-16(10-19(17)24)25-11-13-3-1-2-4-20(13)26-12-14-5-6-15(22)9-18(14)23/h1-10,25H,11-12H2. The first-order valence-corrected chi connectivity index (χ1v) is 9.79. The van der Waals surface area contributed by atoms with Crippen LogP contribution in [0.1, 0.15) is 11.1 Å². The van der Waals surface area contributed by atoms with Crippen molar-refractivity contribution in [3.05, 3.63) is 91.3 Å². The lowest BCUT2D eigenvalue weighted by molar-refractivity contribution is 0.303. The summed E-state index contributed by atoms with van der Waals surface area (Å²) in [5.74, 6) is 0.800. The van der Waals surface area contributed by atoms with Crippen molar-refractivity contribution >= 4 is 56.4 Å². The highest BCUT2D eigenvalue weighted by molar-refractivity contribution is 9.10. The molecule has 0 atom stereocenters. The molecule has 0 saturated carbocycles. The summed E-state index contributed by atoms with van der Waals surface area (Å²) in [4.78, 5) is 0. The van der Waals surface area contributed by atoms with Crippen LogP contribution in [0.2, 0.25) is 15.1 Å². The zero-order valence-corrected chi connectivity index (χ0v) is 17.5. The molecular formula is C20H15BrCl3NO. The zero-order valence-electron chi connectivity index (χ0n) is 13.6. The number of rotatable bonds is 6. The number of benzene rings is 3. The van der Waals surface area contributed by atoms with Gasteiger partial charge in [-0.25, -0.2) is 0 Å². The first kappa shape index (κ1) is 19.4. The van der Waals surface area contributed by atoms with Crippen LogP contribution >= 0.6 is 50.7 Å². The maximum Gasteiger partial charge on any atom is 0.124 e. The van der Waals surface area contributed by atoms with Crippen molar-refractivity contribution in [3.63, 3.8) is 0 Å². The molecule has 0 spiro atoms. The Balaban J connectivity index is 1.68. The molecule has 0 heterocycles. The van der Waals surface area contributed by atoms with Gasteiger partial charge >= 0.3 is 0 Å². The van der Waals surface area contributed by atoms with Gasteiger partial charge in [0, 0.05) is 37.9 Å². The number of hydrogen-bond donors (Lipinski definition) is 1. The van der Waals surface area contributed by atoms with Gasteiger partial charge in [-0.2, -0.15) is 0 Å². The Kier molecular flexibility index (Phi) is 6.71. The van der Waals surface area contributed by atoms with Crippen LogP contribution in [0, 0.1) is 0 Å². The lowest BCUT2D eigenvalue weighted by atomic mass is 10.2. The van der Waals surface area contributed by atoms with Gasteiger partial charge in [0.05, 0.1) is 5.02 Å². The molecule has 0 radical (unpaired) electrons. The fourth-order valence-corrected chi connectivity index (χ4v) is 3.28. The molecule has 0 aliphatic carbocycles. The number of anilines is 1. The minimum Gasteiger partial charge on any atom is -0.488 e. The van der Waals surface area contributed by atoms with Gasteiger partial charge in [-0.1, -0.05) is 59.1 Å². The van der Waals surface area contributed by atoms with E-state index in [0.717, 1.165) is 27.0 Å². The van der Waals surface area contributed by atoms with Gasteiger partial charge in [-0.3, -0.25) is 0 Å². The lowest BCUT2D eigenvalue weighted by Crippen LogP contribution is -2.04. The third-order valence-corrected chi connectivity index (χ3v) is 5.59. The van der Waals surface area contributed by atoms with E-state index >= 15 is 0 Å².